The van der Waals surface area contributed by atoms with Crippen LogP contribution in [-0.4, -0.2) is 24.5 Å². The normalized spacial score (nSPS) is 29.6. The van der Waals surface area contributed by atoms with Crippen molar-refractivity contribution < 1.29 is 0 Å². The molecule has 2 heteroatoms. The van der Waals surface area contributed by atoms with Crippen molar-refractivity contribution in [3.8, 4) is 0 Å². The minimum atomic E-state index is 0.294. The van der Waals surface area contributed by atoms with Crippen molar-refractivity contribution in [2.75, 3.05) is 6.54 Å². The van der Waals surface area contributed by atoms with Crippen molar-refractivity contribution in [3.63, 3.8) is 0 Å². The average molecular weight is 134 g/mol. The first-order chi connectivity index (χ1) is 4.97. The van der Waals surface area contributed by atoms with Crippen LogP contribution in [0.3, 0.4) is 0 Å². The molecule has 52 valence electrons. The molecule has 0 amide bonds. The third kappa shape index (κ3) is 0.897. The Bertz CT molecular complexity index is 213. The van der Waals surface area contributed by atoms with Crippen molar-refractivity contribution >= 4 is 11.9 Å². The second-order valence-electron chi connectivity index (χ2n) is 2.58. The lowest BCUT2D eigenvalue weighted by Crippen LogP contribution is -2.23. The quantitative estimate of drug-likeness (QED) is 0.445. The van der Waals surface area contributed by atoms with E-state index in [-0.39, 0.29) is 0 Å². The standard InChI is InChI=1S/C8H10N2/c1-3-7-8(9-5-1)4-2-6-10-7/h1,3,6-7H,2,4-5H2. The molecule has 2 nitrogen and oxygen atoms in total. The molecule has 0 aliphatic carbocycles. The summed E-state index contributed by atoms with van der Waals surface area (Å²) in [6, 6.07) is 0.294. The molecule has 0 saturated heterocycles. The van der Waals surface area contributed by atoms with Gasteiger partial charge >= 0.3 is 0 Å². The Morgan fingerprint density at radius 3 is 3.40 bits per heavy atom. The minimum Gasteiger partial charge on any atom is -0.287 e. The number of fused-ring (bicyclic) bond motifs is 1. The van der Waals surface area contributed by atoms with Gasteiger partial charge in [0.05, 0.1) is 6.54 Å². The van der Waals surface area contributed by atoms with Gasteiger partial charge in [0.1, 0.15) is 6.04 Å². The van der Waals surface area contributed by atoms with Crippen LogP contribution in [0.5, 0.6) is 0 Å². The van der Waals surface area contributed by atoms with Crippen LogP contribution in [0.25, 0.3) is 0 Å². The Hall–Kier alpha value is -0.920. The summed E-state index contributed by atoms with van der Waals surface area (Å²) in [5.41, 5.74) is 1.27. The summed E-state index contributed by atoms with van der Waals surface area (Å²) >= 11 is 0. The number of nitrogens with zero attached hydrogens (tertiary/aromatic N) is 2. The van der Waals surface area contributed by atoms with Crippen molar-refractivity contribution in [1.29, 1.82) is 0 Å². The fraction of sp³-hybridized carbons (Fsp3) is 0.500. The minimum absolute atomic E-state index is 0.294. The molecule has 0 aromatic heterocycles. The van der Waals surface area contributed by atoms with E-state index in [0.29, 0.717) is 6.04 Å². The first-order valence-electron chi connectivity index (χ1n) is 3.68. The van der Waals surface area contributed by atoms with Gasteiger partial charge in [-0.15, -0.1) is 0 Å². The zero-order valence-electron chi connectivity index (χ0n) is 5.83. The van der Waals surface area contributed by atoms with Gasteiger partial charge in [-0.1, -0.05) is 12.2 Å². The second kappa shape index (κ2) is 2.37. The topological polar surface area (TPSA) is 24.7 Å². The van der Waals surface area contributed by atoms with Crippen LogP contribution in [0, 0.1) is 0 Å². The Labute approximate surface area is 60.4 Å². The van der Waals surface area contributed by atoms with Gasteiger partial charge in [0.2, 0.25) is 0 Å². The predicted octanol–water partition coefficient (Wildman–Crippen LogP) is 1.23. The molecule has 2 rings (SSSR count). The summed E-state index contributed by atoms with van der Waals surface area (Å²) < 4.78 is 0. The van der Waals surface area contributed by atoms with Gasteiger partial charge in [0, 0.05) is 11.9 Å². The molecule has 2 heterocycles. The van der Waals surface area contributed by atoms with Crippen LogP contribution >= 0.6 is 0 Å². The van der Waals surface area contributed by atoms with Gasteiger partial charge in [0.15, 0.2) is 0 Å². The highest BCUT2D eigenvalue weighted by Gasteiger charge is 2.15. The Morgan fingerprint density at radius 1 is 1.50 bits per heavy atom. The van der Waals surface area contributed by atoms with Crippen LogP contribution in [0.2, 0.25) is 0 Å². The van der Waals surface area contributed by atoms with E-state index in [2.05, 4.69) is 22.1 Å². The van der Waals surface area contributed by atoms with E-state index in [1.54, 1.807) is 0 Å². The smallest absolute Gasteiger partial charge is 0.105 e. The third-order valence-electron chi connectivity index (χ3n) is 1.86. The number of hydrogen-bond acceptors (Lipinski definition) is 2. The molecule has 10 heavy (non-hydrogen) atoms. The second-order valence-corrected chi connectivity index (χ2v) is 2.58. The number of dihydropyridines is 1. The Balaban J connectivity index is 2.26. The van der Waals surface area contributed by atoms with E-state index >= 15 is 0 Å². The molecule has 0 saturated carbocycles. The van der Waals surface area contributed by atoms with Crippen LogP contribution < -0.4 is 0 Å². The van der Waals surface area contributed by atoms with Crippen molar-refractivity contribution in [1.82, 2.24) is 0 Å². The average Bonchev–Trinajstić information content (AvgIpc) is 2.05. The molecule has 2 aliphatic rings. The summed E-state index contributed by atoms with van der Waals surface area (Å²) in [6.45, 7) is 0.862. The van der Waals surface area contributed by atoms with E-state index in [4.69, 9.17) is 0 Å². The monoisotopic (exact) mass is 134 g/mol. The lowest BCUT2D eigenvalue weighted by atomic mass is 10.0. The maximum atomic E-state index is 4.37. The highest BCUT2D eigenvalue weighted by Crippen LogP contribution is 2.11. The van der Waals surface area contributed by atoms with Gasteiger partial charge in [-0.05, 0) is 12.8 Å². The third-order valence-corrected chi connectivity index (χ3v) is 1.86. The Kier molecular flexibility index (Phi) is 1.38. The summed E-state index contributed by atoms with van der Waals surface area (Å²) in [5, 5.41) is 0. The van der Waals surface area contributed by atoms with Gasteiger partial charge in [0.25, 0.3) is 0 Å². The molecule has 0 spiro atoms. The molecular formula is C8H10N2. The molecular weight excluding hydrogens is 124 g/mol. The van der Waals surface area contributed by atoms with Gasteiger partial charge in [-0.25, -0.2) is 0 Å². The molecule has 2 aliphatic heterocycles. The lowest BCUT2D eigenvalue weighted by molar-refractivity contribution is 0.923. The number of rotatable bonds is 0. The molecule has 0 fully saturated rings. The number of hydrogen-bond donors (Lipinski definition) is 0. The fourth-order valence-corrected chi connectivity index (χ4v) is 1.33. The van der Waals surface area contributed by atoms with Gasteiger partial charge < -0.3 is 0 Å². The van der Waals surface area contributed by atoms with Crippen molar-refractivity contribution in [2.24, 2.45) is 9.98 Å². The summed E-state index contributed by atoms with van der Waals surface area (Å²) in [5.74, 6) is 0. The van der Waals surface area contributed by atoms with E-state index in [1.807, 2.05) is 6.21 Å². The molecule has 0 bridgehead atoms. The van der Waals surface area contributed by atoms with Crippen LogP contribution in [0.15, 0.2) is 22.1 Å². The predicted molar refractivity (Wildman–Crippen MR) is 43.0 cm³/mol. The molecule has 0 aromatic carbocycles. The summed E-state index contributed by atoms with van der Waals surface area (Å²) in [6.07, 6.45) is 8.40. The van der Waals surface area contributed by atoms with E-state index in [0.717, 1.165) is 19.4 Å². The first-order valence-corrected chi connectivity index (χ1v) is 3.68. The SMILES string of the molecule is C1=CC2N=CCCC2=NC1. The zero-order chi connectivity index (χ0) is 6.81. The van der Waals surface area contributed by atoms with E-state index in [1.165, 1.54) is 5.71 Å². The van der Waals surface area contributed by atoms with Crippen LogP contribution in [0.4, 0.5) is 0 Å². The first kappa shape index (κ1) is 5.83. The van der Waals surface area contributed by atoms with Gasteiger partial charge in [-0.2, -0.15) is 0 Å². The fourth-order valence-electron chi connectivity index (χ4n) is 1.33. The van der Waals surface area contributed by atoms with E-state index in [9.17, 15) is 0 Å². The van der Waals surface area contributed by atoms with E-state index < -0.39 is 0 Å². The highest BCUT2D eigenvalue weighted by atomic mass is 14.9. The summed E-state index contributed by atoms with van der Waals surface area (Å²) in [4.78, 5) is 8.68. The lowest BCUT2D eigenvalue weighted by Gasteiger charge is -2.17. The Morgan fingerprint density at radius 2 is 2.50 bits per heavy atom. The molecule has 0 aromatic rings. The molecule has 0 N–H and O–H groups in total. The zero-order valence-corrected chi connectivity index (χ0v) is 5.83. The highest BCUT2D eigenvalue weighted by molar-refractivity contribution is 5.96. The largest absolute Gasteiger partial charge is 0.287 e. The van der Waals surface area contributed by atoms with Crippen LogP contribution in [0.1, 0.15) is 12.8 Å². The molecule has 0 radical (unpaired) electrons. The number of aliphatic imine (C=N–C) groups is 2. The summed E-state index contributed by atoms with van der Waals surface area (Å²) in [7, 11) is 0. The van der Waals surface area contributed by atoms with Crippen molar-refractivity contribution in [3.05, 3.63) is 12.2 Å². The molecule has 1 unspecified atom stereocenters. The van der Waals surface area contributed by atoms with Crippen LogP contribution in [-0.2, 0) is 0 Å². The maximum Gasteiger partial charge on any atom is 0.105 e. The molecule has 1 atom stereocenters. The van der Waals surface area contributed by atoms with Crippen molar-refractivity contribution in [2.45, 2.75) is 18.9 Å². The van der Waals surface area contributed by atoms with Gasteiger partial charge in [-0.3, -0.25) is 9.98 Å². The maximum absolute atomic E-state index is 4.37.